The molecule has 0 atom stereocenters. The third kappa shape index (κ3) is 3.33. The molecule has 0 saturated heterocycles. The predicted molar refractivity (Wildman–Crippen MR) is 97.0 cm³/mol. The minimum atomic E-state index is -1.04. The minimum absolute atomic E-state index is 0.0328. The van der Waals surface area contributed by atoms with Crippen LogP contribution in [0.3, 0.4) is 0 Å². The summed E-state index contributed by atoms with van der Waals surface area (Å²) in [5, 5.41) is 10.8. The molecule has 0 N–H and O–H groups in total. The molecule has 1 aliphatic heterocycles. The second-order valence-electron chi connectivity index (χ2n) is 5.48. The van der Waals surface area contributed by atoms with Crippen molar-refractivity contribution in [1.82, 2.24) is 0 Å². The highest BCUT2D eigenvalue weighted by molar-refractivity contribution is 8.04. The Morgan fingerprint density at radius 3 is 2.30 bits per heavy atom. The summed E-state index contributed by atoms with van der Waals surface area (Å²) in [5.41, 5.74) is -0.176. The van der Waals surface area contributed by atoms with Gasteiger partial charge in [-0.1, -0.05) is 6.92 Å². The maximum Gasteiger partial charge on any atom is 0.272 e. The zero-order valence-corrected chi connectivity index (χ0v) is 14.8. The average Bonchev–Trinajstić information content (AvgIpc) is 2.86. The number of rotatable bonds is 5. The third-order valence-corrected chi connectivity index (χ3v) is 4.80. The van der Waals surface area contributed by atoms with Crippen molar-refractivity contribution in [3.05, 3.63) is 74.7 Å². The molecule has 2 amide bonds. The van der Waals surface area contributed by atoms with Gasteiger partial charge >= 0.3 is 0 Å². The van der Waals surface area contributed by atoms with Crippen LogP contribution in [0.2, 0.25) is 0 Å². The minimum Gasteiger partial charge on any atom is -0.268 e. The van der Waals surface area contributed by atoms with Crippen LogP contribution >= 0.6 is 11.8 Å². The summed E-state index contributed by atoms with van der Waals surface area (Å²) >= 11 is 1.11. The topological polar surface area (TPSA) is 80.5 Å². The molecule has 138 valence electrons. The number of anilines is 1. The highest BCUT2D eigenvalue weighted by atomic mass is 32.2. The summed E-state index contributed by atoms with van der Waals surface area (Å²) in [6.07, 6.45) is 0. The number of halogens is 2. The van der Waals surface area contributed by atoms with E-state index in [1.807, 2.05) is 0 Å². The van der Waals surface area contributed by atoms with Crippen LogP contribution in [-0.4, -0.2) is 22.5 Å². The molecule has 0 radical (unpaired) electrons. The van der Waals surface area contributed by atoms with Gasteiger partial charge in [-0.15, -0.1) is 11.8 Å². The molecule has 0 aliphatic carbocycles. The van der Waals surface area contributed by atoms with Gasteiger partial charge in [0.25, 0.3) is 17.5 Å². The van der Waals surface area contributed by atoms with Gasteiger partial charge in [0.15, 0.2) is 0 Å². The van der Waals surface area contributed by atoms with Gasteiger partial charge in [0.1, 0.15) is 11.6 Å². The lowest BCUT2D eigenvalue weighted by Crippen LogP contribution is -2.32. The van der Waals surface area contributed by atoms with E-state index in [1.165, 1.54) is 24.3 Å². The van der Waals surface area contributed by atoms with Gasteiger partial charge in [0.05, 0.1) is 21.1 Å². The van der Waals surface area contributed by atoms with Crippen molar-refractivity contribution in [1.29, 1.82) is 0 Å². The first-order chi connectivity index (χ1) is 12.8. The molecule has 27 heavy (non-hydrogen) atoms. The second kappa shape index (κ2) is 7.28. The van der Waals surface area contributed by atoms with Crippen LogP contribution in [-0.2, 0) is 9.59 Å². The summed E-state index contributed by atoms with van der Waals surface area (Å²) in [6, 6.07) is 7.72. The monoisotopic (exact) mass is 390 g/mol. The lowest BCUT2D eigenvalue weighted by Gasteiger charge is -2.16. The van der Waals surface area contributed by atoms with Crippen molar-refractivity contribution in [2.45, 2.75) is 6.92 Å². The largest absolute Gasteiger partial charge is 0.272 e. The van der Waals surface area contributed by atoms with Crippen molar-refractivity contribution < 1.29 is 23.3 Å². The number of nitrogens with zero attached hydrogens (tertiary/aromatic N) is 2. The van der Waals surface area contributed by atoms with E-state index < -0.39 is 28.4 Å². The van der Waals surface area contributed by atoms with Gasteiger partial charge in [-0.25, -0.2) is 13.7 Å². The number of thioether (sulfide) groups is 1. The molecular weight excluding hydrogens is 378 g/mol. The smallest absolute Gasteiger partial charge is 0.268 e. The fourth-order valence-electron chi connectivity index (χ4n) is 2.67. The van der Waals surface area contributed by atoms with Crippen LogP contribution in [0.15, 0.2) is 47.4 Å². The second-order valence-corrected chi connectivity index (χ2v) is 6.76. The maximum absolute atomic E-state index is 14.1. The number of carbonyl (C=O) groups is 2. The number of imide groups is 1. The SMILES string of the molecule is CCSC1=C(c2ccc([N+](=O)[O-])cc2)C(=O)N(c2ccc(F)cc2F)C1=O. The van der Waals surface area contributed by atoms with E-state index in [0.29, 0.717) is 22.3 Å². The van der Waals surface area contributed by atoms with Crippen LogP contribution in [0.25, 0.3) is 5.57 Å². The molecule has 0 spiro atoms. The zero-order valence-electron chi connectivity index (χ0n) is 13.9. The zero-order chi connectivity index (χ0) is 19.7. The molecule has 2 aromatic rings. The quantitative estimate of drug-likeness (QED) is 0.439. The number of non-ortho nitro benzene ring substituents is 1. The molecule has 0 saturated carbocycles. The van der Waals surface area contributed by atoms with Crippen LogP contribution in [0.1, 0.15) is 12.5 Å². The number of hydrogen-bond donors (Lipinski definition) is 0. The molecule has 3 rings (SSSR count). The first-order valence-electron chi connectivity index (χ1n) is 7.81. The van der Waals surface area contributed by atoms with E-state index in [1.54, 1.807) is 6.92 Å². The summed E-state index contributed by atoms with van der Waals surface area (Å²) in [4.78, 5) is 36.7. The van der Waals surface area contributed by atoms with E-state index in [-0.39, 0.29) is 21.9 Å². The Morgan fingerprint density at radius 1 is 1.07 bits per heavy atom. The Bertz CT molecular complexity index is 989. The molecule has 1 aliphatic rings. The summed E-state index contributed by atoms with van der Waals surface area (Å²) in [7, 11) is 0. The van der Waals surface area contributed by atoms with Crippen molar-refractivity contribution in [3.8, 4) is 0 Å². The van der Waals surface area contributed by atoms with Crippen molar-refractivity contribution in [2.24, 2.45) is 0 Å². The van der Waals surface area contributed by atoms with Crippen molar-refractivity contribution >= 4 is 40.5 Å². The highest BCUT2D eigenvalue weighted by Gasteiger charge is 2.41. The Labute approximate surface area is 156 Å². The van der Waals surface area contributed by atoms with Gasteiger partial charge in [-0.2, -0.15) is 0 Å². The Hall–Kier alpha value is -3.07. The number of amides is 2. The molecule has 6 nitrogen and oxygen atoms in total. The van der Waals surface area contributed by atoms with E-state index in [0.717, 1.165) is 23.9 Å². The van der Waals surface area contributed by atoms with Crippen LogP contribution in [0.4, 0.5) is 20.2 Å². The standard InChI is InChI=1S/C18H12F2N2O4S/c1-2-27-16-15(10-3-6-12(7-4-10)22(25)26)17(23)21(18(16)24)14-8-5-11(19)9-13(14)20/h3-9H,2H2,1H3. The lowest BCUT2D eigenvalue weighted by molar-refractivity contribution is -0.384. The predicted octanol–water partition coefficient (Wildman–Crippen LogP) is 3.91. The van der Waals surface area contributed by atoms with E-state index in [2.05, 4.69) is 0 Å². The van der Waals surface area contributed by atoms with Crippen molar-refractivity contribution in [3.63, 3.8) is 0 Å². The number of carbonyl (C=O) groups excluding carboxylic acids is 2. The third-order valence-electron chi connectivity index (χ3n) is 3.85. The molecule has 0 unspecified atom stereocenters. The van der Waals surface area contributed by atoms with Crippen molar-refractivity contribution in [2.75, 3.05) is 10.7 Å². The van der Waals surface area contributed by atoms with Gasteiger partial charge in [-0.3, -0.25) is 19.7 Å². The first kappa shape index (κ1) is 18.7. The fourth-order valence-corrected chi connectivity index (χ4v) is 3.53. The number of benzene rings is 2. The first-order valence-corrected chi connectivity index (χ1v) is 8.79. The van der Waals surface area contributed by atoms with Gasteiger partial charge in [0, 0.05) is 18.2 Å². The lowest BCUT2D eigenvalue weighted by atomic mass is 10.1. The number of hydrogen-bond acceptors (Lipinski definition) is 5. The van der Waals surface area contributed by atoms with E-state index >= 15 is 0 Å². The Morgan fingerprint density at radius 2 is 1.74 bits per heavy atom. The van der Waals surface area contributed by atoms with Gasteiger partial charge in [-0.05, 0) is 35.6 Å². The molecule has 9 heteroatoms. The van der Waals surface area contributed by atoms with Gasteiger partial charge in [0.2, 0.25) is 0 Å². The molecule has 2 aromatic carbocycles. The molecule has 0 fully saturated rings. The fraction of sp³-hybridized carbons (Fsp3) is 0.111. The Kier molecular flexibility index (Phi) is 5.04. The molecule has 0 bridgehead atoms. The molecule has 1 heterocycles. The van der Waals surface area contributed by atoms with Gasteiger partial charge < -0.3 is 0 Å². The maximum atomic E-state index is 14.1. The summed E-state index contributed by atoms with van der Waals surface area (Å²) < 4.78 is 27.3. The summed E-state index contributed by atoms with van der Waals surface area (Å²) in [5.74, 6) is -2.88. The van der Waals surface area contributed by atoms with Crippen LogP contribution in [0.5, 0.6) is 0 Å². The van der Waals surface area contributed by atoms with E-state index in [9.17, 15) is 28.5 Å². The van der Waals surface area contributed by atoms with E-state index in [4.69, 9.17) is 0 Å². The normalized spacial score (nSPS) is 14.3. The van der Waals surface area contributed by atoms with Crippen LogP contribution < -0.4 is 4.90 Å². The summed E-state index contributed by atoms with van der Waals surface area (Å²) in [6.45, 7) is 1.78. The Balaban J connectivity index is 2.09. The average molecular weight is 390 g/mol. The van der Waals surface area contributed by atoms with Crippen LogP contribution in [0, 0.1) is 21.7 Å². The molecular formula is C18H12F2N2O4S. The highest BCUT2D eigenvalue weighted by Crippen LogP contribution is 2.39. The number of nitro benzene ring substituents is 1. The number of nitro groups is 1. The molecule has 0 aromatic heterocycles.